The van der Waals surface area contributed by atoms with Crippen LogP contribution in [0, 0.1) is 0 Å². The maximum absolute atomic E-state index is 12.7. The average Bonchev–Trinajstić information content (AvgIpc) is 2.34. The minimum atomic E-state index is -4.73. The Bertz CT molecular complexity index is 212. The third kappa shape index (κ3) is 1.39. The third-order valence-electron chi connectivity index (χ3n) is 1.38. The van der Waals surface area contributed by atoms with Crippen molar-refractivity contribution in [2.24, 2.45) is 0 Å². The van der Waals surface area contributed by atoms with Gasteiger partial charge in [-0.25, -0.2) is 8.78 Å². The maximum Gasteiger partial charge on any atom is 0.369 e. The highest BCUT2D eigenvalue weighted by Crippen LogP contribution is 2.78. The van der Waals surface area contributed by atoms with Gasteiger partial charge >= 0.3 is 10.8 Å². The standard InChI is InChI=1S/C4Cl2F6S/c5-3(9,10)1(7)2(8,13-1)4(6,11)12. The highest BCUT2D eigenvalue weighted by atomic mass is 35.5. The Morgan fingerprint density at radius 2 is 1.08 bits per heavy atom. The first-order valence-electron chi connectivity index (χ1n) is 2.67. The molecule has 0 aromatic heterocycles. The number of alkyl halides is 8. The minimum absolute atomic E-state index is 0.942. The highest BCUT2D eigenvalue weighted by molar-refractivity contribution is 8.09. The number of halogens is 8. The summed E-state index contributed by atoms with van der Waals surface area (Å²) in [5, 5.41) is -17.8. The van der Waals surface area contributed by atoms with Crippen molar-refractivity contribution in [1.29, 1.82) is 0 Å². The summed E-state index contributed by atoms with van der Waals surface area (Å²) in [6, 6.07) is 0. The van der Waals surface area contributed by atoms with Crippen LogP contribution in [0.2, 0.25) is 0 Å². The molecule has 0 radical (unpaired) electrons. The van der Waals surface area contributed by atoms with Crippen LogP contribution in [0.1, 0.15) is 0 Å². The van der Waals surface area contributed by atoms with Crippen LogP contribution in [-0.2, 0) is 0 Å². The Balaban J connectivity index is 2.95. The number of rotatable bonds is 2. The Morgan fingerprint density at radius 1 is 0.846 bits per heavy atom. The number of hydrogen-bond acceptors (Lipinski definition) is 1. The Kier molecular flexibility index (Phi) is 2.27. The minimum Gasteiger partial charge on any atom is -0.218 e. The van der Waals surface area contributed by atoms with Crippen LogP contribution in [0.25, 0.3) is 0 Å². The highest BCUT2D eigenvalue weighted by Gasteiger charge is 2.92. The summed E-state index contributed by atoms with van der Waals surface area (Å²) in [4.78, 5) is 0. The summed E-state index contributed by atoms with van der Waals surface area (Å²) in [7, 11) is 0. The molecule has 2 unspecified atom stereocenters. The van der Waals surface area contributed by atoms with Gasteiger partial charge < -0.3 is 0 Å². The molecule has 1 saturated heterocycles. The van der Waals surface area contributed by atoms with Gasteiger partial charge in [0.25, 0.3) is 10.0 Å². The number of hydrogen-bond donors (Lipinski definition) is 0. The molecule has 13 heavy (non-hydrogen) atoms. The van der Waals surface area contributed by atoms with E-state index in [-0.39, 0.29) is 0 Å². The first kappa shape index (κ1) is 11.6. The lowest BCUT2D eigenvalue weighted by atomic mass is 10.2. The zero-order valence-corrected chi connectivity index (χ0v) is 7.76. The van der Waals surface area contributed by atoms with Gasteiger partial charge in [0.2, 0.25) is 0 Å². The summed E-state index contributed by atoms with van der Waals surface area (Å²) < 4.78 is 73.6. The second-order valence-electron chi connectivity index (χ2n) is 2.29. The zero-order valence-electron chi connectivity index (χ0n) is 5.43. The molecule has 1 aliphatic heterocycles. The monoisotopic (exact) mass is 264 g/mol. The molecule has 0 aromatic rings. The van der Waals surface area contributed by atoms with E-state index >= 15 is 0 Å². The van der Waals surface area contributed by atoms with Gasteiger partial charge in [0.15, 0.2) is 0 Å². The van der Waals surface area contributed by atoms with Gasteiger partial charge in [0.05, 0.1) is 0 Å². The molecule has 0 amide bonds. The molecule has 0 N–H and O–H groups in total. The molecule has 0 bridgehead atoms. The molecule has 1 heterocycles. The molecule has 0 aromatic carbocycles. The molecular formula is C4Cl2F6S. The van der Waals surface area contributed by atoms with Gasteiger partial charge in [-0.05, 0) is 23.2 Å². The largest absolute Gasteiger partial charge is 0.369 e. The SMILES string of the molecule is FC(F)(Cl)C1(F)SC1(F)C(F)(F)Cl. The summed E-state index contributed by atoms with van der Waals surface area (Å²) in [5.41, 5.74) is 0. The Labute approximate surface area is 82.6 Å². The van der Waals surface area contributed by atoms with E-state index in [2.05, 4.69) is 23.2 Å². The predicted octanol–water partition coefficient (Wildman–Crippen LogP) is 3.73. The Morgan fingerprint density at radius 3 is 1.15 bits per heavy atom. The first-order chi connectivity index (χ1) is 5.46. The topological polar surface area (TPSA) is 0 Å². The lowest BCUT2D eigenvalue weighted by Crippen LogP contribution is -2.41. The van der Waals surface area contributed by atoms with E-state index in [0.717, 1.165) is 0 Å². The van der Waals surface area contributed by atoms with E-state index < -0.39 is 32.5 Å². The molecule has 2 atom stereocenters. The second-order valence-corrected chi connectivity index (χ2v) is 4.57. The van der Waals surface area contributed by atoms with Gasteiger partial charge in [0, 0.05) is 0 Å². The number of thioether (sulfide) groups is 1. The van der Waals surface area contributed by atoms with Gasteiger partial charge in [-0.15, -0.1) is 0 Å². The van der Waals surface area contributed by atoms with Crippen molar-refractivity contribution in [2.45, 2.75) is 20.8 Å². The lowest BCUT2D eigenvalue weighted by Gasteiger charge is -2.17. The van der Waals surface area contributed by atoms with Crippen LogP contribution in [0.4, 0.5) is 26.3 Å². The maximum atomic E-state index is 12.7. The summed E-state index contributed by atoms with van der Waals surface area (Å²) in [6.07, 6.45) is 0. The summed E-state index contributed by atoms with van der Waals surface area (Å²) in [6.45, 7) is 0. The van der Waals surface area contributed by atoms with Gasteiger partial charge in [0.1, 0.15) is 0 Å². The van der Waals surface area contributed by atoms with Crippen LogP contribution < -0.4 is 0 Å². The third-order valence-corrected chi connectivity index (χ3v) is 3.56. The van der Waals surface area contributed by atoms with Crippen LogP contribution in [0.3, 0.4) is 0 Å². The van der Waals surface area contributed by atoms with E-state index in [1.54, 1.807) is 0 Å². The molecule has 1 aliphatic rings. The smallest absolute Gasteiger partial charge is 0.218 e. The molecule has 0 saturated carbocycles. The Hall–Kier alpha value is 0.510. The van der Waals surface area contributed by atoms with Gasteiger partial charge in [-0.3, -0.25) is 0 Å². The molecule has 1 fully saturated rings. The van der Waals surface area contributed by atoms with Crippen LogP contribution in [-0.4, -0.2) is 20.8 Å². The molecule has 0 nitrogen and oxygen atoms in total. The van der Waals surface area contributed by atoms with E-state index in [9.17, 15) is 26.3 Å². The van der Waals surface area contributed by atoms with E-state index in [0.29, 0.717) is 0 Å². The molecule has 9 heteroatoms. The van der Waals surface area contributed by atoms with Crippen LogP contribution >= 0.6 is 35.0 Å². The zero-order chi connectivity index (χ0) is 10.7. The van der Waals surface area contributed by atoms with Crippen molar-refractivity contribution < 1.29 is 26.3 Å². The molecule has 0 spiro atoms. The lowest BCUT2D eigenvalue weighted by molar-refractivity contribution is -0.0964. The van der Waals surface area contributed by atoms with Gasteiger partial charge in [-0.2, -0.15) is 17.6 Å². The molecule has 78 valence electrons. The molecule has 0 aliphatic carbocycles. The first-order valence-corrected chi connectivity index (χ1v) is 4.24. The van der Waals surface area contributed by atoms with Crippen LogP contribution in [0.15, 0.2) is 0 Å². The molecular weight excluding hydrogens is 265 g/mol. The molecule has 1 rings (SSSR count). The van der Waals surface area contributed by atoms with Crippen molar-refractivity contribution in [3.63, 3.8) is 0 Å². The van der Waals surface area contributed by atoms with Crippen molar-refractivity contribution >= 4 is 35.0 Å². The fourth-order valence-electron chi connectivity index (χ4n) is 0.649. The summed E-state index contributed by atoms with van der Waals surface area (Å²) in [5.74, 6) is 0. The van der Waals surface area contributed by atoms with Crippen molar-refractivity contribution in [2.75, 3.05) is 0 Å². The fraction of sp³-hybridized carbons (Fsp3) is 1.00. The van der Waals surface area contributed by atoms with Crippen molar-refractivity contribution in [3.05, 3.63) is 0 Å². The summed E-state index contributed by atoms with van der Waals surface area (Å²) >= 11 is 7.26. The van der Waals surface area contributed by atoms with Gasteiger partial charge in [-0.1, -0.05) is 11.8 Å². The van der Waals surface area contributed by atoms with E-state index in [1.807, 2.05) is 0 Å². The average molecular weight is 265 g/mol. The fourth-order valence-corrected chi connectivity index (χ4v) is 2.08. The van der Waals surface area contributed by atoms with E-state index in [1.165, 1.54) is 0 Å². The van der Waals surface area contributed by atoms with Crippen molar-refractivity contribution in [1.82, 2.24) is 0 Å². The van der Waals surface area contributed by atoms with Crippen molar-refractivity contribution in [3.8, 4) is 0 Å². The second kappa shape index (κ2) is 2.55. The normalized spacial score (nSPS) is 40.6. The predicted molar refractivity (Wildman–Crippen MR) is 36.9 cm³/mol. The van der Waals surface area contributed by atoms with E-state index in [4.69, 9.17) is 0 Å². The quantitative estimate of drug-likeness (QED) is 0.416. The van der Waals surface area contributed by atoms with Crippen LogP contribution in [0.5, 0.6) is 0 Å².